The van der Waals surface area contributed by atoms with E-state index in [0.29, 0.717) is 11.7 Å². The van der Waals surface area contributed by atoms with Crippen LogP contribution in [0.5, 0.6) is 0 Å². The first-order valence-electron chi connectivity index (χ1n) is 8.00. The summed E-state index contributed by atoms with van der Waals surface area (Å²) >= 11 is 0. The summed E-state index contributed by atoms with van der Waals surface area (Å²) in [4.78, 5) is 14.6. The molecule has 1 N–H and O–H groups in total. The molecule has 1 amide bonds. The molecule has 2 rings (SSSR count). The quantitative estimate of drug-likeness (QED) is 0.781. The molecule has 116 valence electrons. The molecule has 1 aliphatic heterocycles. The number of hydrogen-bond acceptors (Lipinski definition) is 3. The van der Waals surface area contributed by atoms with Gasteiger partial charge >= 0.3 is 0 Å². The van der Waals surface area contributed by atoms with E-state index in [0.717, 1.165) is 25.8 Å². The van der Waals surface area contributed by atoms with Gasteiger partial charge in [-0.2, -0.15) is 0 Å². The molecule has 0 aromatic rings. The Balaban J connectivity index is 1.98. The standard InChI is InChI=1S/C15H28N2O2S/c1-3-7-13-15(18)17(10-6-11-20(2)19)14(16-13)12-8-4-5-9-12/h12-14,16H,3-11H2,1-2H3. The lowest BCUT2D eigenvalue weighted by Crippen LogP contribution is -2.43. The van der Waals surface area contributed by atoms with E-state index in [9.17, 15) is 9.00 Å². The number of hydrogen-bond donors (Lipinski definition) is 1. The first-order chi connectivity index (χ1) is 9.63. The molecule has 0 bridgehead atoms. The van der Waals surface area contributed by atoms with Crippen LogP contribution in [0.1, 0.15) is 51.9 Å². The summed E-state index contributed by atoms with van der Waals surface area (Å²) in [6.45, 7) is 2.88. The number of nitrogens with zero attached hydrogens (tertiary/aromatic N) is 1. The second-order valence-electron chi connectivity index (χ2n) is 6.16. The molecule has 1 saturated heterocycles. The van der Waals surface area contributed by atoms with Gasteiger partial charge in [0.1, 0.15) is 0 Å². The molecule has 1 aliphatic carbocycles. The summed E-state index contributed by atoms with van der Waals surface area (Å²) in [5.41, 5.74) is 0. The highest BCUT2D eigenvalue weighted by molar-refractivity contribution is 7.84. The molecule has 0 aromatic heterocycles. The summed E-state index contributed by atoms with van der Waals surface area (Å²) in [7, 11) is -0.760. The van der Waals surface area contributed by atoms with Crippen molar-refractivity contribution in [2.45, 2.75) is 64.1 Å². The van der Waals surface area contributed by atoms with Gasteiger partial charge in [0.25, 0.3) is 0 Å². The summed E-state index contributed by atoms with van der Waals surface area (Å²) in [6, 6.07) is 0.0118. The maximum absolute atomic E-state index is 12.5. The van der Waals surface area contributed by atoms with Crippen LogP contribution in [0, 0.1) is 5.92 Å². The second-order valence-corrected chi connectivity index (χ2v) is 7.71. The highest BCUT2D eigenvalue weighted by Gasteiger charge is 2.42. The molecule has 1 heterocycles. The van der Waals surface area contributed by atoms with Crippen molar-refractivity contribution in [2.24, 2.45) is 5.92 Å². The third-order valence-electron chi connectivity index (χ3n) is 4.54. The van der Waals surface area contributed by atoms with Crippen LogP contribution in [0.25, 0.3) is 0 Å². The molecule has 1 saturated carbocycles. The minimum Gasteiger partial charge on any atom is -0.325 e. The summed E-state index contributed by atoms with van der Waals surface area (Å²) < 4.78 is 11.2. The molecule has 4 nitrogen and oxygen atoms in total. The van der Waals surface area contributed by atoms with Crippen molar-refractivity contribution in [1.29, 1.82) is 0 Å². The normalized spacial score (nSPS) is 29.3. The zero-order valence-electron chi connectivity index (χ0n) is 12.8. The fourth-order valence-electron chi connectivity index (χ4n) is 3.55. The van der Waals surface area contributed by atoms with E-state index in [-0.39, 0.29) is 18.1 Å². The van der Waals surface area contributed by atoms with Crippen LogP contribution in [-0.2, 0) is 15.6 Å². The Labute approximate surface area is 125 Å². The van der Waals surface area contributed by atoms with Gasteiger partial charge < -0.3 is 4.90 Å². The van der Waals surface area contributed by atoms with E-state index in [2.05, 4.69) is 12.2 Å². The van der Waals surface area contributed by atoms with Crippen LogP contribution in [0.4, 0.5) is 0 Å². The summed E-state index contributed by atoms with van der Waals surface area (Å²) in [6.07, 6.45) is 9.83. The molecular weight excluding hydrogens is 272 g/mol. The van der Waals surface area contributed by atoms with Gasteiger partial charge in [-0.3, -0.25) is 14.3 Å². The predicted octanol–water partition coefficient (Wildman–Crippen LogP) is 1.87. The third-order valence-corrected chi connectivity index (χ3v) is 5.41. The van der Waals surface area contributed by atoms with E-state index in [1.807, 2.05) is 4.90 Å². The maximum atomic E-state index is 12.5. The number of carbonyl (C=O) groups excluding carboxylic acids is 1. The molecule has 0 aromatic carbocycles. The molecule has 0 spiro atoms. The molecule has 0 radical (unpaired) electrons. The van der Waals surface area contributed by atoms with E-state index in [4.69, 9.17) is 0 Å². The Morgan fingerprint density at radius 3 is 2.65 bits per heavy atom. The minimum atomic E-state index is -0.760. The Kier molecular flexibility index (Phi) is 6.02. The Bertz CT molecular complexity index is 356. The Morgan fingerprint density at radius 2 is 2.05 bits per heavy atom. The zero-order valence-corrected chi connectivity index (χ0v) is 13.6. The van der Waals surface area contributed by atoms with Crippen LogP contribution in [0.2, 0.25) is 0 Å². The summed E-state index contributed by atoms with van der Waals surface area (Å²) in [5.74, 6) is 1.58. The lowest BCUT2D eigenvalue weighted by Gasteiger charge is -2.29. The van der Waals surface area contributed by atoms with Crippen molar-refractivity contribution in [3.8, 4) is 0 Å². The zero-order chi connectivity index (χ0) is 14.5. The van der Waals surface area contributed by atoms with Crippen molar-refractivity contribution in [3.05, 3.63) is 0 Å². The van der Waals surface area contributed by atoms with E-state index < -0.39 is 10.8 Å². The van der Waals surface area contributed by atoms with Gasteiger partial charge in [-0.25, -0.2) is 0 Å². The van der Waals surface area contributed by atoms with Crippen LogP contribution in [0.15, 0.2) is 0 Å². The lowest BCUT2D eigenvalue weighted by molar-refractivity contribution is -0.130. The molecular formula is C15H28N2O2S. The van der Waals surface area contributed by atoms with Gasteiger partial charge in [-0.15, -0.1) is 0 Å². The molecule has 20 heavy (non-hydrogen) atoms. The molecule has 3 atom stereocenters. The summed E-state index contributed by atoms with van der Waals surface area (Å²) in [5, 5.41) is 3.57. The monoisotopic (exact) mass is 300 g/mol. The number of carbonyl (C=O) groups is 1. The first-order valence-corrected chi connectivity index (χ1v) is 9.72. The van der Waals surface area contributed by atoms with Gasteiger partial charge in [-0.1, -0.05) is 26.2 Å². The lowest BCUT2D eigenvalue weighted by atomic mass is 10.0. The van der Waals surface area contributed by atoms with Crippen LogP contribution >= 0.6 is 0 Å². The van der Waals surface area contributed by atoms with Gasteiger partial charge in [0.2, 0.25) is 5.91 Å². The topological polar surface area (TPSA) is 49.4 Å². The fraction of sp³-hybridized carbons (Fsp3) is 0.933. The van der Waals surface area contributed by atoms with Crippen LogP contribution in [-0.4, -0.2) is 45.8 Å². The minimum absolute atomic E-state index is 0.0118. The molecule has 2 fully saturated rings. The van der Waals surface area contributed by atoms with Gasteiger partial charge in [0.15, 0.2) is 0 Å². The van der Waals surface area contributed by atoms with Gasteiger partial charge in [0.05, 0.1) is 12.2 Å². The highest BCUT2D eigenvalue weighted by Crippen LogP contribution is 2.32. The van der Waals surface area contributed by atoms with Crippen molar-refractivity contribution >= 4 is 16.7 Å². The van der Waals surface area contributed by atoms with Crippen LogP contribution in [0.3, 0.4) is 0 Å². The second kappa shape index (κ2) is 7.55. The maximum Gasteiger partial charge on any atom is 0.241 e. The van der Waals surface area contributed by atoms with E-state index in [1.54, 1.807) is 6.26 Å². The van der Waals surface area contributed by atoms with Crippen LogP contribution < -0.4 is 5.32 Å². The molecule has 3 unspecified atom stereocenters. The fourth-order valence-corrected chi connectivity index (χ4v) is 4.09. The smallest absolute Gasteiger partial charge is 0.241 e. The predicted molar refractivity (Wildman–Crippen MR) is 82.8 cm³/mol. The van der Waals surface area contributed by atoms with Gasteiger partial charge in [0, 0.05) is 29.4 Å². The number of rotatable bonds is 7. The Morgan fingerprint density at radius 1 is 1.35 bits per heavy atom. The van der Waals surface area contributed by atoms with Crippen molar-refractivity contribution in [3.63, 3.8) is 0 Å². The average Bonchev–Trinajstić information content (AvgIpc) is 3.01. The third kappa shape index (κ3) is 3.82. The number of nitrogens with one attached hydrogen (secondary N) is 1. The van der Waals surface area contributed by atoms with E-state index in [1.165, 1.54) is 25.7 Å². The average molecular weight is 300 g/mol. The molecule has 2 aliphatic rings. The number of amides is 1. The first kappa shape index (κ1) is 16.0. The van der Waals surface area contributed by atoms with Crippen molar-refractivity contribution < 1.29 is 9.00 Å². The largest absolute Gasteiger partial charge is 0.325 e. The van der Waals surface area contributed by atoms with Gasteiger partial charge in [-0.05, 0) is 31.6 Å². The molecule has 5 heteroatoms. The highest BCUT2D eigenvalue weighted by atomic mass is 32.2. The van der Waals surface area contributed by atoms with E-state index >= 15 is 0 Å². The van der Waals surface area contributed by atoms with Crippen molar-refractivity contribution in [2.75, 3.05) is 18.6 Å². The SMILES string of the molecule is CCCC1NC(C2CCCC2)N(CCCS(C)=O)C1=O. The van der Waals surface area contributed by atoms with Crippen molar-refractivity contribution in [1.82, 2.24) is 10.2 Å². The Hall–Kier alpha value is -0.420.